The molecule has 2 aromatic rings. The number of anilines is 1. The van der Waals surface area contributed by atoms with E-state index in [1.807, 2.05) is 0 Å². The van der Waals surface area contributed by atoms with Crippen LogP contribution >= 0.6 is 11.6 Å². The number of hydrogen-bond acceptors (Lipinski definition) is 7. The number of nitrogens with one attached hydrogen (secondary N) is 2. The van der Waals surface area contributed by atoms with E-state index in [1.54, 1.807) is 24.7 Å². The first kappa shape index (κ1) is 22.0. The Labute approximate surface area is 186 Å². The molecule has 0 radical (unpaired) electrons. The van der Waals surface area contributed by atoms with Gasteiger partial charge in [-0.15, -0.1) is 0 Å². The van der Waals surface area contributed by atoms with Crippen molar-refractivity contribution in [2.24, 2.45) is 11.8 Å². The van der Waals surface area contributed by atoms with Crippen LogP contribution in [0.5, 0.6) is 0 Å². The maximum atomic E-state index is 12.8. The number of pyridine rings is 1. The molecule has 166 valence electrons. The molecule has 4 heterocycles. The van der Waals surface area contributed by atoms with Gasteiger partial charge in [0.05, 0.1) is 23.1 Å². The van der Waals surface area contributed by atoms with Crippen molar-refractivity contribution in [3.8, 4) is 11.3 Å². The molecule has 0 aromatic carbocycles. The first-order valence-electron chi connectivity index (χ1n) is 10.7. The third kappa shape index (κ3) is 5.75. The summed E-state index contributed by atoms with van der Waals surface area (Å²) in [6.45, 7) is 2.49. The van der Waals surface area contributed by atoms with Gasteiger partial charge < -0.3 is 15.4 Å². The molecule has 2 saturated heterocycles. The summed E-state index contributed by atoms with van der Waals surface area (Å²) in [4.78, 5) is 25.9. The number of Topliss-reactive ketones (excluding diaryl/α,β-unsaturated/α-hetero) is 1. The van der Waals surface area contributed by atoms with Crippen molar-refractivity contribution in [1.82, 2.24) is 20.3 Å². The average Bonchev–Trinajstić information content (AvgIpc) is 3.29. The Morgan fingerprint density at radius 2 is 2.13 bits per heavy atom. The number of nitrogens with zero attached hydrogens (tertiary/aromatic N) is 3. The molecule has 9 heteroatoms. The van der Waals surface area contributed by atoms with Gasteiger partial charge in [0.2, 0.25) is 0 Å². The fraction of sp³-hybridized carbons (Fsp3) is 0.545. The third-order valence-corrected chi connectivity index (χ3v) is 6.26. The summed E-state index contributed by atoms with van der Waals surface area (Å²) in [6.07, 6.45) is 7.68. The number of rotatable bonds is 8. The lowest BCUT2D eigenvalue weighted by molar-refractivity contribution is -0.121. The third-order valence-electron chi connectivity index (χ3n) is 5.95. The van der Waals surface area contributed by atoms with Crippen molar-refractivity contribution in [2.75, 3.05) is 38.3 Å². The van der Waals surface area contributed by atoms with Gasteiger partial charge in [0.25, 0.3) is 0 Å². The van der Waals surface area contributed by atoms with Crippen molar-refractivity contribution >= 4 is 23.2 Å². The SMILES string of the molecule is O=C(Cc1cc(-c2cncc(NCC3CCOCC3)n2)c(Cl)cn1)[C@H]1CN[C@@H](CF)C1. The summed E-state index contributed by atoms with van der Waals surface area (Å²) in [7, 11) is 0. The number of hydrogen-bond donors (Lipinski definition) is 2. The van der Waals surface area contributed by atoms with Crippen LogP contribution in [-0.2, 0) is 16.0 Å². The minimum absolute atomic E-state index is 0.0576. The summed E-state index contributed by atoms with van der Waals surface area (Å²) in [5, 5.41) is 6.85. The number of ether oxygens (including phenoxy) is 1. The van der Waals surface area contributed by atoms with E-state index >= 15 is 0 Å². The summed E-state index contributed by atoms with van der Waals surface area (Å²) >= 11 is 6.38. The topological polar surface area (TPSA) is 89.0 Å². The second-order valence-electron chi connectivity index (χ2n) is 8.22. The van der Waals surface area contributed by atoms with E-state index in [4.69, 9.17) is 16.3 Å². The molecule has 2 N–H and O–H groups in total. The van der Waals surface area contributed by atoms with Crippen molar-refractivity contribution < 1.29 is 13.9 Å². The maximum Gasteiger partial charge on any atom is 0.145 e. The normalized spacial score (nSPS) is 21.9. The fourth-order valence-corrected chi connectivity index (χ4v) is 4.26. The van der Waals surface area contributed by atoms with Crippen molar-refractivity contribution in [3.05, 3.63) is 35.4 Å². The molecular formula is C22H27ClFN5O2. The molecule has 0 unspecified atom stereocenters. The van der Waals surface area contributed by atoms with E-state index in [-0.39, 0.29) is 24.2 Å². The zero-order valence-electron chi connectivity index (χ0n) is 17.3. The molecule has 0 aliphatic carbocycles. The Kier molecular flexibility index (Phi) is 7.42. The van der Waals surface area contributed by atoms with E-state index in [0.717, 1.165) is 32.6 Å². The lowest BCUT2D eigenvalue weighted by Gasteiger charge is -2.22. The van der Waals surface area contributed by atoms with Crippen LogP contribution < -0.4 is 10.6 Å². The largest absolute Gasteiger partial charge is 0.381 e. The monoisotopic (exact) mass is 447 g/mol. The highest BCUT2D eigenvalue weighted by molar-refractivity contribution is 6.33. The lowest BCUT2D eigenvalue weighted by Crippen LogP contribution is -2.23. The van der Waals surface area contributed by atoms with Gasteiger partial charge in [0.1, 0.15) is 18.3 Å². The van der Waals surface area contributed by atoms with Gasteiger partial charge >= 0.3 is 0 Å². The van der Waals surface area contributed by atoms with Gasteiger partial charge in [-0.05, 0) is 31.2 Å². The van der Waals surface area contributed by atoms with E-state index < -0.39 is 6.67 Å². The zero-order chi connectivity index (χ0) is 21.6. The summed E-state index contributed by atoms with van der Waals surface area (Å²) < 4.78 is 18.2. The van der Waals surface area contributed by atoms with Crippen molar-refractivity contribution in [3.63, 3.8) is 0 Å². The molecule has 7 nitrogen and oxygen atoms in total. The highest BCUT2D eigenvalue weighted by atomic mass is 35.5. The summed E-state index contributed by atoms with van der Waals surface area (Å²) in [5.41, 5.74) is 1.93. The quantitative estimate of drug-likeness (QED) is 0.642. The Hall–Kier alpha value is -2.16. The lowest BCUT2D eigenvalue weighted by atomic mass is 9.97. The van der Waals surface area contributed by atoms with Crippen LogP contribution in [0.3, 0.4) is 0 Å². The molecule has 0 saturated carbocycles. The van der Waals surface area contributed by atoms with Gasteiger partial charge in [0.15, 0.2) is 0 Å². The maximum absolute atomic E-state index is 12.8. The van der Waals surface area contributed by atoms with Crippen LogP contribution in [-0.4, -0.2) is 59.8 Å². The van der Waals surface area contributed by atoms with Crippen LogP contribution in [0.25, 0.3) is 11.3 Å². The molecule has 0 spiro atoms. The standard InChI is InChI=1S/C22H27ClFN5O2/c23-19-11-27-16(7-21(30)15-5-17(8-24)26-10-15)6-18(19)20-12-25-13-22(29-20)28-9-14-1-3-31-4-2-14/h6,11-15,17,26H,1-5,7-10H2,(H,28,29)/t15-,17-/m1/s1. The Morgan fingerprint density at radius 1 is 1.29 bits per heavy atom. The van der Waals surface area contributed by atoms with Crippen LogP contribution in [0, 0.1) is 11.8 Å². The fourth-order valence-electron chi connectivity index (χ4n) is 4.06. The molecule has 0 bridgehead atoms. The van der Waals surface area contributed by atoms with Gasteiger partial charge in [0, 0.05) is 62.1 Å². The van der Waals surface area contributed by atoms with E-state index in [9.17, 15) is 9.18 Å². The van der Waals surface area contributed by atoms with Gasteiger partial charge in [-0.2, -0.15) is 0 Å². The van der Waals surface area contributed by atoms with Crippen molar-refractivity contribution in [2.45, 2.75) is 31.7 Å². The Morgan fingerprint density at radius 3 is 2.90 bits per heavy atom. The molecule has 31 heavy (non-hydrogen) atoms. The van der Waals surface area contributed by atoms with Gasteiger partial charge in [-0.3, -0.25) is 14.8 Å². The highest BCUT2D eigenvalue weighted by Crippen LogP contribution is 2.28. The number of halogens is 2. The molecule has 2 aliphatic rings. The Bertz CT molecular complexity index is 909. The van der Waals surface area contributed by atoms with E-state index in [2.05, 4.69) is 25.6 Å². The number of carbonyl (C=O) groups excluding carboxylic acids is 1. The molecule has 2 fully saturated rings. The van der Waals surface area contributed by atoms with Crippen LogP contribution in [0.15, 0.2) is 24.7 Å². The molecule has 0 amide bonds. The van der Waals surface area contributed by atoms with Crippen molar-refractivity contribution in [1.29, 1.82) is 0 Å². The van der Waals surface area contributed by atoms with E-state index in [0.29, 0.717) is 46.7 Å². The first-order chi connectivity index (χ1) is 15.1. The van der Waals surface area contributed by atoms with Crippen LogP contribution in [0.4, 0.5) is 10.2 Å². The predicted octanol–water partition coefficient (Wildman–Crippen LogP) is 3.09. The number of carbonyl (C=O) groups is 1. The minimum atomic E-state index is -0.454. The molecule has 2 aromatic heterocycles. The molecule has 4 rings (SSSR count). The second kappa shape index (κ2) is 10.4. The number of alkyl halides is 1. The first-order valence-corrected chi connectivity index (χ1v) is 11.1. The highest BCUT2D eigenvalue weighted by Gasteiger charge is 2.29. The Balaban J connectivity index is 1.43. The molecule has 2 aliphatic heterocycles. The number of ketones is 1. The molecule has 2 atom stereocenters. The van der Waals surface area contributed by atoms with Gasteiger partial charge in [-0.1, -0.05) is 11.6 Å². The summed E-state index contributed by atoms with van der Waals surface area (Å²) in [6, 6.07) is 1.57. The van der Waals surface area contributed by atoms with E-state index in [1.165, 1.54) is 0 Å². The predicted molar refractivity (Wildman–Crippen MR) is 117 cm³/mol. The zero-order valence-corrected chi connectivity index (χ0v) is 18.1. The van der Waals surface area contributed by atoms with Crippen LogP contribution in [0.2, 0.25) is 5.02 Å². The van der Waals surface area contributed by atoms with Gasteiger partial charge in [-0.25, -0.2) is 9.37 Å². The molecular weight excluding hydrogens is 421 g/mol. The smallest absolute Gasteiger partial charge is 0.145 e. The average molecular weight is 448 g/mol. The second-order valence-corrected chi connectivity index (χ2v) is 8.62. The van der Waals surface area contributed by atoms with Crippen LogP contribution in [0.1, 0.15) is 25.0 Å². The minimum Gasteiger partial charge on any atom is -0.381 e. The number of aromatic nitrogens is 3. The summed E-state index contributed by atoms with van der Waals surface area (Å²) in [5.74, 6) is 1.12.